The molecule has 20 heavy (non-hydrogen) atoms. The topological polar surface area (TPSA) is 21.1 Å². The van der Waals surface area contributed by atoms with Gasteiger partial charge in [0.25, 0.3) is 0 Å². The quantitative estimate of drug-likeness (QED) is 0.762. The minimum Gasteiger partial charge on any atom is -0.327 e. The molecule has 0 amide bonds. The molecule has 1 fully saturated rings. The molecule has 0 radical (unpaired) electrons. The van der Waals surface area contributed by atoms with E-state index in [-0.39, 0.29) is 0 Å². The molecular weight excluding hydrogens is 338 g/mol. The first kappa shape index (κ1) is 14.4. The van der Waals surface area contributed by atoms with Crippen LogP contribution in [0.5, 0.6) is 0 Å². The maximum atomic E-state index is 5.92. The number of likely N-dealkylation sites (tertiary alicyclic amines) is 1. The van der Waals surface area contributed by atoms with Crippen molar-refractivity contribution in [3.05, 3.63) is 28.5 Å². The highest BCUT2D eigenvalue weighted by atomic mass is 79.9. The van der Waals surface area contributed by atoms with E-state index in [1.165, 1.54) is 31.4 Å². The van der Waals surface area contributed by atoms with E-state index in [2.05, 4.69) is 37.5 Å². The van der Waals surface area contributed by atoms with Gasteiger partial charge in [0.2, 0.25) is 0 Å². The molecule has 0 bridgehead atoms. The molecule has 2 heterocycles. The summed E-state index contributed by atoms with van der Waals surface area (Å²) in [6, 6.07) is 6.28. The van der Waals surface area contributed by atoms with Crippen LogP contribution in [0.2, 0.25) is 0 Å². The summed E-state index contributed by atoms with van der Waals surface area (Å²) in [6.07, 6.45) is 3.50. The van der Waals surface area contributed by atoms with Crippen LogP contribution in [0.1, 0.15) is 18.7 Å². The van der Waals surface area contributed by atoms with Crippen molar-refractivity contribution in [2.45, 2.75) is 25.8 Å². The van der Waals surface area contributed by atoms with Crippen molar-refractivity contribution in [1.29, 1.82) is 0 Å². The molecule has 3 nitrogen and oxygen atoms in total. The summed E-state index contributed by atoms with van der Waals surface area (Å²) in [4.78, 5) is 7.26. The zero-order valence-electron chi connectivity index (χ0n) is 11.5. The van der Waals surface area contributed by atoms with E-state index in [0.29, 0.717) is 5.88 Å². The largest absolute Gasteiger partial charge is 0.327 e. The number of rotatable bonds is 5. The highest BCUT2D eigenvalue weighted by Crippen LogP contribution is 2.22. The number of aryl methyl sites for hydroxylation is 1. The molecule has 1 aromatic heterocycles. The van der Waals surface area contributed by atoms with E-state index in [1.54, 1.807) is 0 Å². The fraction of sp³-hybridized carbons (Fsp3) is 0.533. The Bertz CT molecular complexity index is 590. The molecule has 0 unspecified atom stereocenters. The molecule has 5 heteroatoms. The SMILES string of the molecule is ClCCc1nc2ccc(Br)cc2n1CCN1CCCC1. The third-order valence-electron chi connectivity index (χ3n) is 3.95. The molecule has 0 aliphatic carbocycles. The summed E-state index contributed by atoms with van der Waals surface area (Å²) < 4.78 is 3.44. The fourth-order valence-electron chi connectivity index (χ4n) is 2.92. The van der Waals surface area contributed by atoms with Gasteiger partial charge in [-0.3, -0.25) is 0 Å². The first-order valence-electron chi connectivity index (χ1n) is 7.21. The number of nitrogens with zero attached hydrogens (tertiary/aromatic N) is 3. The van der Waals surface area contributed by atoms with Gasteiger partial charge in [-0.15, -0.1) is 11.6 Å². The van der Waals surface area contributed by atoms with Crippen LogP contribution >= 0.6 is 27.5 Å². The Hall–Kier alpha value is -0.580. The van der Waals surface area contributed by atoms with E-state index >= 15 is 0 Å². The molecule has 1 saturated heterocycles. The van der Waals surface area contributed by atoms with Gasteiger partial charge in [0, 0.05) is 29.9 Å². The number of hydrogen-bond donors (Lipinski definition) is 0. The van der Waals surface area contributed by atoms with E-state index in [0.717, 1.165) is 35.3 Å². The summed E-state index contributed by atoms with van der Waals surface area (Å²) in [6.45, 7) is 4.58. The van der Waals surface area contributed by atoms with Gasteiger partial charge in [-0.2, -0.15) is 0 Å². The van der Waals surface area contributed by atoms with Gasteiger partial charge in [0.1, 0.15) is 5.82 Å². The van der Waals surface area contributed by atoms with Gasteiger partial charge < -0.3 is 9.47 Å². The average molecular weight is 357 g/mol. The van der Waals surface area contributed by atoms with Crippen molar-refractivity contribution in [3.8, 4) is 0 Å². The van der Waals surface area contributed by atoms with E-state index in [4.69, 9.17) is 16.6 Å². The molecule has 1 aromatic carbocycles. The maximum Gasteiger partial charge on any atom is 0.111 e. The van der Waals surface area contributed by atoms with Gasteiger partial charge in [0.05, 0.1) is 11.0 Å². The first-order chi connectivity index (χ1) is 9.78. The Morgan fingerprint density at radius 1 is 1.20 bits per heavy atom. The smallest absolute Gasteiger partial charge is 0.111 e. The molecule has 0 N–H and O–H groups in total. The molecule has 0 saturated carbocycles. The van der Waals surface area contributed by atoms with Crippen LogP contribution in [-0.4, -0.2) is 40.0 Å². The van der Waals surface area contributed by atoms with Gasteiger partial charge >= 0.3 is 0 Å². The second-order valence-electron chi connectivity index (χ2n) is 5.30. The molecule has 1 aliphatic heterocycles. The Kier molecular flexibility index (Phi) is 4.64. The molecular formula is C15H19BrClN3. The zero-order chi connectivity index (χ0) is 13.9. The van der Waals surface area contributed by atoms with Crippen LogP contribution in [0.15, 0.2) is 22.7 Å². The predicted octanol–water partition coefficient (Wildman–Crippen LogP) is 3.68. The average Bonchev–Trinajstić information content (AvgIpc) is 3.04. The third-order valence-corrected chi connectivity index (χ3v) is 4.63. The van der Waals surface area contributed by atoms with Gasteiger partial charge in [-0.05, 0) is 44.1 Å². The van der Waals surface area contributed by atoms with Crippen LogP contribution in [0.3, 0.4) is 0 Å². The number of hydrogen-bond acceptors (Lipinski definition) is 2. The van der Waals surface area contributed by atoms with Gasteiger partial charge in [-0.1, -0.05) is 15.9 Å². The van der Waals surface area contributed by atoms with Crippen molar-refractivity contribution in [2.75, 3.05) is 25.5 Å². The standard InChI is InChI=1S/C15H19BrClN3/c16-12-3-4-13-14(11-12)20(15(18-13)5-6-17)10-9-19-7-1-2-8-19/h3-4,11H,1-2,5-10H2. The normalized spacial score (nSPS) is 16.3. The number of imidazole rings is 1. The minimum atomic E-state index is 0.619. The van der Waals surface area contributed by atoms with Gasteiger partial charge in [-0.25, -0.2) is 4.98 Å². The molecule has 3 rings (SSSR count). The van der Waals surface area contributed by atoms with Crippen molar-refractivity contribution < 1.29 is 0 Å². The fourth-order valence-corrected chi connectivity index (χ4v) is 3.44. The monoisotopic (exact) mass is 355 g/mol. The number of fused-ring (bicyclic) bond motifs is 1. The highest BCUT2D eigenvalue weighted by Gasteiger charge is 2.14. The third kappa shape index (κ3) is 3.02. The molecule has 2 aromatic rings. The lowest BCUT2D eigenvalue weighted by Gasteiger charge is -2.16. The number of alkyl halides is 1. The van der Waals surface area contributed by atoms with Crippen molar-refractivity contribution >= 4 is 38.6 Å². The Balaban J connectivity index is 1.88. The summed E-state index contributed by atoms with van der Waals surface area (Å²) in [5.74, 6) is 1.72. The number of benzene rings is 1. The Morgan fingerprint density at radius 2 is 2.00 bits per heavy atom. The Labute approximate surface area is 133 Å². The van der Waals surface area contributed by atoms with Crippen molar-refractivity contribution in [2.24, 2.45) is 0 Å². The maximum absolute atomic E-state index is 5.92. The molecule has 1 aliphatic rings. The van der Waals surface area contributed by atoms with Crippen LogP contribution in [0, 0.1) is 0 Å². The van der Waals surface area contributed by atoms with Crippen LogP contribution in [-0.2, 0) is 13.0 Å². The summed E-state index contributed by atoms with van der Waals surface area (Å²) in [5, 5.41) is 0. The second kappa shape index (κ2) is 6.46. The van der Waals surface area contributed by atoms with E-state index < -0.39 is 0 Å². The Morgan fingerprint density at radius 3 is 2.75 bits per heavy atom. The zero-order valence-corrected chi connectivity index (χ0v) is 13.8. The summed E-state index contributed by atoms with van der Waals surface area (Å²) >= 11 is 9.48. The van der Waals surface area contributed by atoms with Gasteiger partial charge in [0.15, 0.2) is 0 Å². The highest BCUT2D eigenvalue weighted by molar-refractivity contribution is 9.10. The first-order valence-corrected chi connectivity index (χ1v) is 8.53. The number of halogens is 2. The lowest BCUT2D eigenvalue weighted by molar-refractivity contribution is 0.322. The van der Waals surface area contributed by atoms with Crippen LogP contribution in [0.25, 0.3) is 11.0 Å². The lowest BCUT2D eigenvalue weighted by atomic mass is 10.3. The van der Waals surface area contributed by atoms with Crippen molar-refractivity contribution in [3.63, 3.8) is 0 Å². The second-order valence-corrected chi connectivity index (χ2v) is 6.59. The summed E-state index contributed by atoms with van der Waals surface area (Å²) in [7, 11) is 0. The molecule has 0 atom stereocenters. The summed E-state index contributed by atoms with van der Waals surface area (Å²) in [5.41, 5.74) is 2.27. The molecule has 108 valence electrons. The van der Waals surface area contributed by atoms with Crippen LogP contribution < -0.4 is 0 Å². The predicted molar refractivity (Wildman–Crippen MR) is 87.5 cm³/mol. The van der Waals surface area contributed by atoms with E-state index in [1.807, 2.05) is 6.07 Å². The van der Waals surface area contributed by atoms with Crippen LogP contribution in [0.4, 0.5) is 0 Å². The number of aromatic nitrogens is 2. The molecule has 0 spiro atoms. The van der Waals surface area contributed by atoms with E-state index in [9.17, 15) is 0 Å². The van der Waals surface area contributed by atoms with Crippen molar-refractivity contribution in [1.82, 2.24) is 14.5 Å². The lowest BCUT2D eigenvalue weighted by Crippen LogP contribution is -2.24. The minimum absolute atomic E-state index is 0.619.